The minimum atomic E-state index is -0.520. The van der Waals surface area contributed by atoms with E-state index in [1.165, 1.54) is 6.20 Å². The van der Waals surface area contributed by atoms with Crippen LogP contribution in [-0.2, 0) is 0 Å². The minimum absolute atomic E-state index is 0.0789. The summed E-state index contributed by atoms with van der Waals surface area (Å²) in [5.74, 6) is -0.520. The number of aromatic nitrogens is 1. The highest BCUT2D eigenvalue weighted by Gasteiger charge is 2.10. The molecule has 3 N–H and O–H groups in total. The Morgan fingerprint density at radius 1 is 1.62 bits per heavy atom. The summed E-state index contributed by atoms with van der Waals surface area (Å²) in [5, 5.41) is 8.57. The molecule has 0 unspecified atom stereocenters. The molecule has 0 spiro atoms. The minimum Gasteiger partial charge on any atom is -0.396 e. The molecule has 0 amide bonds. The van der Waals surface area contributed by atoms with Gasteiger partial charge in [-0.15, -0.1) is 0 Å². The maximum absolute atomic E-state index is 13.0. The lowest BCUT2D eigenvalue weighted by atomic mass is 10.1. The van der Waals surface area contributed by atoms with E-state index in [0.717, 1.165) is 0 Å². The fraction of sp³-hybridized carbons (Fsp3) is 0.444. The Morgan fingerprint density at radius 2 is 2.38 bits per heavy atom. The monoisotopic (exact) mass is 184 g/mol. The Kier molecular flexibility index (Phi) is 3.79. The molecule has 1 aromatic rings. The van der Waals surface area contributed by atoms with E-state index in [9.17, 15) is 4.39 Å². The van der Waals surface area contributed by atoms with Crippen LogP contribution in [0.25, 0.3) is 0 Å². The number of hydrogen-bond donors (Lipinski definition) is 2. The van der Waals surface area contributed by atoms with E-state index in [-0.39, 0.29) is 12.6 Å². The zero-order valence-corrected chi connectivity index (χ0v) is 7.28. The predicted molar refractivity (Wildman–Crippen MR) is 47.4 cm³/mol. The molecule has 1 aromatic heterocycles. The van der Waals surface area contributed by atoms with Crippen molar-refractivity contribution in [1.29, 1.82) is 0 Å². The molecular formula is C9H13FN2O. The van der Waals surface area contributed by atoms with Crippen molar-refractivity contribution < 1.29 is 9.50 Å². The molecule has 4 heteroatoms. The number of pyridine rings is 1. The largest absolute Gasteiger partial charge is 0.396 e. The second-order valence-electron chi connectivity index (χ2n) is 2.86. The standard InChI is InChI=1S/C9H13FN2O/c10-9-7(3-1-5-12-9)8(11)4-2-6-13/h1,3,5,8,13H,2,4,6,11H2/t8-/m1/s1. The van der Waals surface area contributed by atoms with Crippen molar-refractivity contribution in [3.8, 4) is 0 Å². The first kappa shape index (κ1) is 10.1. The normalized spacial score (nSPS) is 12.8. The maximum Gasteiger partial charge on any atom is 0.217 e. The van der Waals surface area contributed by atoms with E-state index in [1.54, 1.807) is 12.1 Å². The Labute approximate surface area is 76.4 Å². The summed E-state index contributed by atoms with van der Waals surface area (Å²) < 4.78 is 13.0. The highest BCUT2D eigenvalue weighted by molar-refractivity contribution is 5.14. The van der Waals surface area contributed by atoms with Crippen LogP contribution in [0.4, 0.5) is 4.39 Å². The Hall–Kier alpha value is -1.00. The number of halogens is 1. The molecule has 1 heterocycles. The molecule has 0 saturated carbocycles. The van der Waals surface area contributed by atoms with E-state index in [1.807, 2.05) is 0 Å². The van der Waals surface area contributed by atoms with Gasteiger partial charge in [0.2, 0.25) is 5.95 Å². The lowest BCUT2D eigenvalue weighted by Crippen LogP contribution is -2.13. The molecule has 0 bridgehead atoms. The third kappa shape index (κ3) is 2.75. The summed E-state index contributed by atoms with van der Waals surface area (Å²) >= 11 is 0. The van der Waals surface area contributed by atoms with Crippen LogP contribution >= 0.6 is 0 Å². The van der Waals surface area contributed by atoms with Crippen molar-refractivity contribution in [1.82, 2.24) is 4.98 Å². The van der Waals surface area contributed by atoms with E-state index in [0.29, 0.717) is 18.4 Å². The smallest absolute Gasteiger partial charge is 0.217 e. The molecule has 0 saturated heterocycles. The summed E-state index contributed by atoms with van der Waals surface area (Å²) in [6, 6.07) is 2.89. The van der Waals surface area contributed by atoms with Gasteiger partial charge in [0.25, 0.3) is 0 Å². The van der Waals surface area contributed by atoms with E-state index in [4.69, 9.17) is 10.8 Å². The van der Waals surface area contributed by atoms with Crippen LogP contribution in [0.15, 0.2) is 18.3 Å². The number of hydrogen-bond acceptors (Lipinski definition) is 3. The van der Waals surface area contributed by atoms with Gasteiger partial charge in [0.15, 0.2) is 0 Å². The molecule has 0 aliphatic carbocycles. The predicted octanol–water partition coefficient (Wildman–Crippen LogP) is 0.993. The van der Waals surface area contributed by atoms with Gasteiger partial charge >= 0.3 is 0 Å². The van der Waals surface area contributed by atoms with Gasteiger partial charge in [-0.2, -0.15) is 4.39 Å². The molecule has 1 atom stereocenters. The molecule has 0 aliphatic rings. The summed E-state index contributed by atoms with van der Waals surface area (Å²) in [7, 11) is 0. The zero-order valence-electron chi connectivity index (χ0n) is 7.28. The van der Waals surface area contributed by atoms with Gasteiger partial charge in [-0.1, -0.05) is 6.07 Å². The van der Waals surface area contributed by atoms with Gasteiger partial charge in [0, 0.05) is 24.4 Å². The highest BCUT2D eigenvalue weighted by atomic mass is 19.1. The fourth-order valence-corrected chi connectivity index (χ4v) is 1.14. The van der Waals surface area contributed by atoms with Gasteiger partial charge in [0.05, 0.1) is 0 Å². The molecule has 0 radical (unpaired) electrons. The molecular weight excluding hydrogens is 171 g/mol. The number of nitrogens with zero attached hydrogens (tertiary/aromatic N) is 1. The SMILES string of the molecule is N[C@H](CCCO)c1cccnc1F. The van der Waals surface area contributed by atoms with Crippen molar-refractivity contribution in [3.63, 3.8) is 0 Å². The number of aliphatic hydroxyl groups excluding tert-OH is 1. The number of nitrogens with two attached hydrogens (primary N) is 1. The van der Waals surface area contributed by atoms with Crippen molar-refractivity contribution in [3.05, 3.63) is 29.8 Å². The number of rotatable bonds is 4. The lowest BCUT2D eigenvalue weighted by Gasteiger charge is -2.10. The average Bonchev–Trinajstić information content (AvgIpc) is 2.15. The number of aliphatic hydroxyl groups is 1. The van der Waals surface area contributed by atoms with Crippen LogP contribution in [-0.4, -0.2) is 16.7 Å². The molecule has 0 aliphatic heterocycles. The van der Waals surface area contributed by atoms with Crippen LogP contribution in [0.1, 0.15) is 24.4 Å². The zero-order chi connectivity index (χ0) is 9.68. The van der Waals surface area contributed by atoms with Gasteiger partial charge in [0.1, 0.15) is 0 Å². The van der Waals surface area contributed by atoms with E-state index < -0.39 is 5.95 Å². The van der Waals surface area contributed by atoms with Gasteiger partial charge in [-0.25, -0.2) is 4.98 Å². The van der Waals surface area contributed by atoms with Gasteiger partial charge < -0.3 is 10.8 Å². The Bertz CT molecular complexity index is 268. The summed E-state index contributed by atoms with van der Waals surface area (Å²) in [5.41, 5.74) is 6.10. The highest BCUT2D eigenvalue weighted by Crippen LogP contribution is 2.16. The van der Waals surface area contributed by atoms with Crippen LogP contribution in [0.2, 0.25) is 0 Å². The topological polar surface area (TPSA) is 59.1 Å². The van der Waals surface area contributed by atoms with Crippen molar-refractivity contribution >= 4 is 0 Å². The van der Waals surface area contributed by atoms with Crippen molar-refractivity contribution in [2.75, 3.05) is 6.61 Å². The lowest BCUT2D eigenvalue weighted by molar-refractivity contribution is 0.279. The van der Waals surface area contributed by atoms with E-state index >= 15 is 0 Å². The van der Waals surface area contributed by atoms with Gasteiger partial charge in [-0.05, 0) is 18.9 Å². The summed E-state index contributed by atoms with van der Waals surface area (Å²) in [6.45, 7) is 0.0789. The third-order valence-corrected chi connectivity index (χ3v) is 1.86. The van der Waals surface area contributed by atoms with Crippen LogP contribution in [0.5, 0.6) is 0 Å². The summed E-state index contributed by atoms with van der Waals surface area (Å²) in [4.78, 5) is 3.50. The first-order chi connectivity index (χ1) is 6.25. The molecule has 1 rings (SSSR count). The Morgan fingerprint density at radius 3 is 3.00 bits per heavy atom. The second kappa shape index (κ2) is 4.89. The Balaban J connectivity index is 2.65. The summed E-state index contributed by atoms with van der Waals surface area (Å²) in [6.07, 6.45) is 2.53. The molecule has 0 aromatic carbocycles. The second-order valence-corrected chi connectivity index (χ2v) is 2.86. The average molecular weight is 184 g/mol. The maximum atomic E-state index is 13.0. The molecule has 72 valence electrons. The first-order valence-electron chi connectivity index (χ1n) is 4.22. The van der Waals surface area contributed by atoms with Crippen molar-refractivity contribution in [2.24, 2.45) is 5.73 Å². The van der Waals surface area contributed by atoms with E-state index in [2.05, 4.69) is 4.98 Å². The molecule has 3 nitrogen and oxygen atoms in total. The first-order valence-corrected chi connectivity index (χ1v) is 4.22. The molecule has 13 heavy (non-hydrogen) atoms. The quantitative estimate of drug-likeness (QED) is 0.686. The fourth-order valence-electron chi connectivity index (χ4n) is 1.14. The van der Waals surface area contributed by atoms with Crippen molar-refractivity contribution in [2.45, 2.75) is 18.9 Å². The third-order valence-electron chi connectivity index (χ3n) is 1.86. The van der Waals surface area contributed by atoms with Gasteiger partial charge in [-0.3, -0.25) is 0 Å². The van der Waals surface area contributed by atoms with Crippen LogP contribution in [0, 0.1) is 5.95 Å². The van der Waals surface area contributed by atoms with Crippen LogP contribution in [0.3, 0.4) is 0 Å². The molecule has 0 fully saturated rings. The van der Waals surface area contributed by atoms with Crippen LogP contribution < -0.4 is 5.73 Å².